The second kappa shape index (κ2) is 8.51. The van der Waals surface area contributed by atoms with Gasteiger partial charge >= 0.3 is 5.97 Å². The summed E-state index contributed by atoms with van der Waals surface area (Å²) in [7, 11) is 0. The zero-order valence-electron chi connectivity index (χ0n) is 20.5. The third kappa shape index (κ3) is 3.46. The number of hydrogen-bond donors (Lipinski definition) is 3. The average molecular weight is 494 g/mol. The van der Waals surface area contributed by atoms with Gasteiger partial charge in [0.05, 0.1) is 16.9 Å². The van der Waals surface area contributed by atoms with Crippen LogP contribution in [0, 0.1) is 5.82 Å². The van der Waals surface area contributed by atoms with Crippen LogP contribution in [-0.2, 0) is 6.54 Å². The lowest BCUT2D eigenvalue weighted by Gasteiger charge is -2.24. The zero-order chi connectivity index (χ0) is 25.1. The van der Waals surface area contributed by atoms with Gasteiger partial charge in [0, 0.05) is 51.7 Å². The van der Waals surface area contributed by atoms with Crippen LogP contribution in [0.2, 0.25) is 0 Å². The van der Waals surface area contributed by atoms with Gasteiger partial charge in [-0.2, -0.15) is 0 Å². The molecule has 37 heavy (non-hydrogen) atoms. The topological polar surface area (TPSA) is 70.0 Å². The summed E-state index contributed by atoms with van der Waals surface area (Å²) in [5, 5.41) is 15.6. The SMILES string of the molecule is O=C(O)c1ccc2c(C3CCCCC3)c3n(c2c1)CCNc1c-3ccc2[nH]c(-c3ccccc3F)cc12. The van der Waals surface area contributed by atoms with E-state index in [4.69, 9.17) is 0 Å². The second-order valence-corrected chi connectivity index (χ2v) is 10.3. The van der Waals surface area contributed by atoms with Crippen molar-refractivity contribution in [3.63, 3.8) is 0 Å². The van der Waals surface area contributed by atoms with Crippen molar-refractivity contribution in [2.24, 2.45) is 0 Å². The highest BCUT2D eigenvalue weighted by Gasteiger charge is 2.30. The van der Waals surface area contributed by atoms with Gasteiger partial charge in [0.25, 0.3) is 0 Å². The third-order valence-corrected chi connectivity index (χ3v) is 8.22. The maximum atomic E-state index is 14.6. The van der Waals surface area contributed by atoms with Crippen LogP contribution in [0.4, 0.5) is 10.1 Å². The fourth-order valence-electron chi connectivity index (χ4n) is 6.55. The molecule has 2 aliphatic rings. The summed E-state index contributed by atoms with van der Waals surface area (Å²) in [6, 6.07) is 18.7. The minimum absolute atomic E-state index is 0.248. The number of nitrogens with zero attached hydrogens (tertiary/aromatic N) is 1. The Morgan fingerprint density at radius 2 is 1.78 bits per heavy atom. The lowest BCUT2D eigenvalue weighted by Crippen LogP contribution is -2.08. The lowest BCUT2D eigenvalue weighted by atomic mass is 9.81. The van der Waals surface area contributed by atoms with Crippen molar-refractivity contribution in [2.75, 3.05) is 11.9 Å². The number of benzene rings is 3. The first-order valence-electron chi connectivity index (χ1n) is 13.1. The highest BCUT2D eigenvalue weighted by atomic mass is 19.1. The van der Waals surface area contributed by atoms with E-state index in [1.807, 2.05) is 24.3 Å². The monoisotopic (exact) mass is 493 g/mol. The fraction of sp³-hybridized carbons (Fsp3) is 0.258. The predicted octanol–water partition coefficient (Wildman–Crippen LogP) is 7.77. The Bertz CT molecular complexity index is 1690. The fourth-order valence-corrected chi connectivity index (χ4v) is 6.55. The Morgan fingerprint density at radius 3 is 2.59 bits per heavy atom. The maximum absolute atomic E-state index is 14.6. The molecule has 0 radical (unpaired) electrons. The zero-order valence-corrected chi connectivity index (χ0v) is 20.5. The molecule has 0 unspecified atom stereocenters. The Labute approximate surface area is 213 Å². The normalized spacial score (nSPS) is 15.8. The number of carboxylic acid groups (broad SMARTS) is 1. The minimum atomic E-state index is -0.904. The van der Waals surface area contributed by atoms with Gasteiger partial charge in [-0.15, -0.1) is 0 Å². The number of aromatic carboxylic acids is 1. The largest absolute Gasteiger partial charge is 0.478 e. The number of nitrogens with one attached hydrogen (secondary N) is 2. The Morgan fingerprint density at radius 1 is 0.946 bits per heavy atom. The molecule has 0 bridgehead atoms. The number of aromatic nitrogens is 2. The quantitative estimate of drug-likeness (QED) is 0.240. The predicted molar refractivity (Wildman–Crippen MR) is 146 cm³/mol. The number of anilines is 1. The van der Waals surface area contributed by atoms with Gasteiger partial charge in [-0.1, -0.05) is 37.5 Å². The maximum Gasteiger partial charge on any atom is 0.335 e. The minimum Gasteiger partial charge on any atom is -0.478 e. The summed E-state index contributed by atoms with van der Waals surface area (Å²) in [5.74, 6) is -0.703. The standard InChI is InChI=1S/C31H28FN3O2/c32-24-9-5-4-8-20(24)26-17-23-25(34-26)13-12-22-29(23)33-14-15-35-27-16-19(31(36)37)10-11-21(27)28(30(22)35)18-6-2-1-3-7-18/h4-5,8-13,16-18,33-34H,1-3,6-7,14-15H2,(H,36,37). The van der Waals surface area contributed by atoms with Gasteiger partial charge in [-0.05, 0) is 66.8 Å². The number of carbonyl (C=O) groups is 1. The molecule has 0 amide bonds. The molecule has 5 aromatic rings. The van der Waals surface area contributed by atoms with Crippen LogP contribution < -0.4 is 5.32 Å². The number of aromatic amines is 1. The third-order valence-electron chi connectivity index (χ3n) is 8.22. The number of halogens is 1. The van der Waals surface area contributed by atoms with Gasteiger partial charge in [-0.25, -0.2) is 9.18 Å². The van der Waals surface area contributed by atoms with E-state index in [2.05, 4.69) is 27.0 Å². The molecule has 1 saturated carbocycles. The molecule has 1 aliphatic heterocycles. The molecule has 7 rings (SSSR count). The van der Waals surface area contributed by atoms with Crippen molar-refractivity contribution in [3.05, 3.63) is 77.6 Å². The number of rotatable bonds is 3. The van der Waals surface area contributed by atoms with Crippen LogP contribution in [0.3, 0.4) is 0 Å². The van der Waals surface area contributed by atoms with E-state index in [0.29, 0.717) is 23.6 Å². The van der Waals surface area contributed by atoms with Crippen molar-refractivity contribution in [1.29, 1.82) is 0 Å². The average Bonchev–Trinajstić information content (AvgIpc) is 3.43. The van der Waals surface area contributed by atoms with E-state index >= 15 is 0 Å². The molecular weight excluding hydrogens is 465 g/mol. The van der Waals surface area contributed by atoms with Gasteiger partial charge in [0.1, 0.15) is 5.82 Å². The van der Waals surface area contributed by atoms with Crippen molar-refractivity contribution in [2.45, 2.75) is 44.6 Å². The molecule has 0 atom stereocenters. The molecule has 186 valence electrons. The van der Waals surface area contributed by atoms with E-state index in [1.54, 1.807) is 18.2 Å². The molecule has 0 saturated heterocycles. The Balaban J connectivity index is 1.50. The summed E-state index contributed by atoms with van der Waals surface area (Å²) in [6.07, 6.45) is 6.02. The molecule has 5 nitrogen and oxygen atoms in total. The van der Waals surface area contributed by atoms with Crippen molar-refractivity contribution in [3.8, 4) is 22.5 Å². The number of hydrogen-bond acceptors (Lipinski definition) is 2. The van der Waals surface area contributed by atoms with Crippen LogP contribution in [0.15, 0.2) is 60.7 Å². The molecule has 0 spiro atoms. The first-order chi connectivity index (χ1) is 18.1. The summed E-state index contributed by atoms with van der Waals surface area (Å²) < 4.78 is 16.9. The van der Waals surface area contributed by atoms with Crippen LogP contribution in [0.1, 0.15) is 53.9 Å². The smallest absolute Gasteiger partial charge is 0.335 e. The first-order valence-corrected chi connectivity index (χ1v) is 13.1. The lowest BCUT2D eigenvalue weighted by molar-refractivity contribution is 0.0697. The van der Waals surface area contributed by atoms with E-state index in [9.17, 15) is 14.3 Å². The van der Waals surface area contributed by atoms with Crippen LogP contribution in [0.25, 0.3) is 44.3 Å². The molecule has 3 N–H and O–H groups in total. The van der Waals surface area contributed by atoms with E-state index in [0.717, 1.165) is 52.8 Å². The number of fused-ring (bicyclic) bond motifs is 7. The molecule has 1 aliphatic carbocycles. The van der Waals surface area contributed by atoms with Gasteiger partial charge < -0.3 is 20.0 Å². The van der Waals surface area contributed by atoms with Crippen LogP contribution >= 0.6 is 0 Å². The van der Waals surface area contributed by atoms with Crippen molar-refractivity contribution >= 4 is 33.5 Å². The summed E-state index contributed by atoms with van der Waals surface area (Å²) in [5.41, 5.74) is 8.29. The molecular formula is C31H28FN3O2. The first kappa shape index (κ1) is 22.2. The summed E-state index contributed by atoms with van der Waals surface area (Å²) >= 11 is 0. The van der Waals surface area contributed by atoms with Crippen molar-refractivity contribution < 1.29 is 14.3 Å². The molecule has 3 heterocycles. The van der Waals surface area contributed by atoms with Gasteiger partial charge in [0.15, 0.2) is 0 Å². The van der Waals surface area contributed by atoms with Crippen LogP contribution in [-0.4, -0.2) is 27.2 Å². The highest BCUT2D eigenvalue weighted by molar-refractivity contribution is 6.06. The van der Waals surface area contributed by atoms with Crippen LogP contribution in [0.5, 0.6) is 0 Å². The summed E-state index contributed by atoms with van der Waals surface area (Å²) in [6.45, 7) is 1.45. The molecule has 6 heteroatoms. The Kier molecular flexibility index (Phi) is 5.10. The van der Waals surface area contributed by atoms with E-state index in [-0.39, 0.29) is 5.82 Å². The summed E-state index contributed by atoms with van der Waals surface area (Å²) in [4.78, 5) is 15.2. The Hall–Kier alpha value is -4.06. The van der Waals surface area contributed by atoms with Gasteiger partial charge in [0.2, 0.25) is 0 Å². The van der Waals surface area contributed by atoms with E-state index < -0.39 is 5.97 Å². The van der Waals surface area contributed by atoms with E-state index in [1.165, 1.54) is 42.0 Å². The highest BCUT2D eigenvalue weighted by Crippen LogP contribution is 2.48. The van der Waals surface area contributed by atoms with Gasteiger partial charge in [-0.3, -0.25) is 0 Å². The number of carboxylic acids is 1. The second-order valence-electron chi connectivity index (χ2n) is 10.3. The number of H-pyrrole nitrogens is 1. The molecule has 2 aromatic heterocycles. The molecule has 1 fully saturated rings. The van der Waals surface area contributed by atoms with Crippen molar-refractivity contribution in [1.82, 2.24) is 9.55 Å². The molecule has 3 aromatic carbocycles.